The lowest BCUT2D eigenvalue weighted by Gasteiger charge is -2.20. The maximum absolute atomic E-state index is 12.5. The first-order valence-corrected chi connectivity index (χ1v) is 8.93. The van der Waals surface area contributed by atoms with Gasteiger partial charge in [-0.25, -0.2) is 0 Å². The van der Waals surface area contributed by atoms with E-state index in [4.69, 9.17) is 4.74 Å². The first kappa shape index (κ1) is 19.0. The molecule has 0 saturated carbocycles. The Hall–Kier alpha value is -2.29. The molecule has 0 aromatic heterocycles. The highest BCUT2D eigenvalue weighted by Crippen LogP contribution is 2.32. The fourth-order valence-corrected chi connectivity index (χ4v) is 2.89. The van der Waals surface area contributed by atoms with Crippen LogP contribution < -0.4 is 10.1 Å². The van der Waals surface area contributed by atoms with Crippen molar-refractivity contribution in [3.05, 3.63) is 58.7 Å². The molecule has 1 N–H and O–H groups in total. The van der Waals surface area contributed by atoms with E-state index in [0.29, 0.717) is 11.8 Å². The van der Waals surface area contributed by atoms with Crippen LogP contribution >= 0.6 is 0 Å². The lowest BCUT2D eigenvalue weighted by atomic mass is 9.92. The average Bonchev–Trinajstić information content (AvgIpc) is 2.56. The fourth-order valence-electron chi connectivity index (χ4n) is 2.89. The van der Waals surface area contributed by atoms with Crippen molar-refractivity contribution < 1.29 is 9.53 Å². The lowest BCUT2D eigenvalue weighted by Crippen LogP contribution is -2.22. The monoisotopic (exact) mass is 339 g/mol. The number of benzene rings is 2. The van der Waals surface area contributed by atoms with Crippen molar-refractivity contribution in [2.45, 2.75) is 53.4 Å². The molecule has 0 heterocycles. The Kier molecular flexibility index (Phi) is 6.24. The van der Waals surface area contributed by atoms with Gasteiger partial charge in [0.2, 0.25) is 0 Å². The van der Waals surface area contributed by atoms with Gasteiger partial charge in [0.05, 0.1) is 0 Å². The van der Waals surface area contributed by atoms with E-state index in [0.717, 1.165) is 33.7 Å². The van der Waals surface area contributed by atoms with Crippen molar-refractivity contribution in [2.24, 2.45) is 0 Å². The third kappa shape index (κ3) is 4.62. The number of carbonyl (C=O) groups is 1. The van der Waals surface area contributed by atoms with E-state index in [1.807, 2.05) is 32.0 Å². The predicted molar refractivity (Wildman–Crippen MR) is 105 cm³/mol. The third-order valence-corrected chi connectivity index (χ3v) is 4.55. The van der Waals surface area contributed by atoms with Gasteiger partial charge < -0.3 is 10.1 Å². The Morgan fingerprint density at radius 3 is 2.08 bits per heavy atom. The van der Waals surface area contributed by atoms with Crippen LogP contribution in [0, 0.1) is 13.8 Å². The molecule has 3 nitrogen and oxygen atoms in total. The minimum absolute atomic E-state index is 0.00819. The summed E-state index contributed by atoms with van der Waals surface area (Å²) >= 11 is 0. The number of hydrogen-bond acceptors (Lipinski definition) is 2. The summed E-state index contributed by atoms with van der Waals surface area (Å²) in [4.78, 5) is 12.5. The van der Waals surface area contributed by atoms with Gasteiger partial charge in [-0.1, -0.05) is 58.0 Å². The maximum Gasteiger partial charge on any atom is 0.262 e. The van der Waals surface area contributed by atoms with Gasteiger partial charge in [-0.15, -0.1) is 0 Å². The van der Waals surface area contributed by atoms with Crippen LogP contribution in [0.3, 0.4) is 0 Å². The van der Waals surface area contributed by atoms with Crippen LogP contribution in [-0.2, 0) is 4.79 Å². The number of carbonyl (C=O) groups excluding carboxylic acids is 1. The molecule has 25 heavy (non-hydrogen) atoms. The molecule has 2 rings (SSSR count). The quantitative estimate of drug-likeness (QED) is 0.747. The second-order valence-corrected chi connectivity index (χ2v) is 7.16. The van der Waals surface area contributed by atoms with Gasteiger partial charge in [0.15, 0.2) is 6.61 Å². The molecule has 0 unspecified atom stereocenters. The van der Waals surface area contributed by atoms with E-state index in [-0.39, 0.29) is 12.5 Å². The van der Waals surface area contributed by atoms with Crippen LogP contribution in [0.4, 0.5) is 5.69 Å². The molecule has 0 aliphatic heterocycles. The summed E-state index contributed by atoms with van der Waals surface area (Å²) in [7, 11) is 0. The summed E-state index contributed by atoms with van der Waals surface area (Å²) in [5.41, 5.74) is 5.48. The zero-order chi connectivity index (χ0) is 18.6. The molecular formula is C22H29NO2. The van der Waals surface area contributed by atoms with Crippen molar-refractivity contribution in [3.8, 4) is 5.75 Å². The van der Waals surface area contributed by atoms with Crippen LogP contribution in [0.2, 0.25) is 0 Å². The summed E-state index contributed by atoms with van der Waals surface area (Å²) in [5.74, 6) is 1.31. The van der Waals surface area contributed by atoms with Crippen LogP contribution in [0.25, 0.3) is 0 Å². The minimum atomic E-state index is -0.129. The standard InChI is InChI=1S/C22H29NO2/c1-14(2)18-10-8-11-19(15(3)4)22(18)23-21(24)13-25-20-12-7-9-16(5)17(20)6/h7-12,14-15H,13H2,1-6H3,(H,23,24). The molecule has 0 spiro atoms. The number of rotatable bonds is 6. The van der Waals surface area contributed by atoms with Crippen molar-refractivity contribution in [3.63, 3.8) is 0 Å². The largest absolute Gasteiger partial charge is 0.483 e. The Balaban J connectivity index is 2.16. The lowest BCUT2D eigenvalue weighted by molar-refractivity contribution is -0.118. The number of nitrogens with one attached hydrogen (secondary N) is 1. The Labute approximate surface area is 151 Å². The molecule has 0 saturated heterocycles. The molecule has 2 aromatic carbocycles. The van der Waals surface area contributed by atoms with Crippen molar-refractivity contribution in [2.75, 3.05) is 11.9 Å². The van der Waals surface area contributed by atoms with Gasteiger partial charge >= 0.3 is 0 Å². The van der Waals surface area contributed by atoms with Gasteiger partial charge in [0.25, 0.3) is 5.91 Å². The number of anilines is 1. The number of ether oxygens (including phenoxy) is 1. The van der Waals surface area contributed by atoms with Crippen LogP contribution in [-0.4, -0.2) is 12.5 Å². The highest BCUT2D eigenvalue weighted by atomic mass is 16.5. The van der Waals surface area contributed by atoms with Crippen molar-refractivity contribution >= 4 is 11.6 Å². The van der Waals surface area contributed by atoms with E-state index < -0.39 is 0 Å². The van der Waals surface area contributed by atoms with Crippen LogP contribution in [0.1, 0.15) is 61.8 Å². The normalized spacial score (nSPS) is 11.0. The highest BCUT2D eigenvalue weighted by Gasteiger charge is 2.16. The topological polar surface area (TPSA) is 38.3 Å². The van der Waals surface area contributed by atoms with E-state index >= 15 is 0 Å². The summed E-state index contributed by atoms with van der Waals surface area (Å²) in [6.07, 6.45) is 0. The number of amides is 1. The summed E-state index contributed by atoms with van der Waals surface area (Å²) in [5, 5.41) is 3.08. The number of para-hydroxylation sites is 1. The van der Waals surface area contributed by atoms with Crippen molar-refractivity contribution in [1.82, 2.24) is 0 Å². The van der Waals surface area contributed by atoms with E-state index in [9.17, 15) is 4.79 Å². The molecule has 0 atom stereocenters. The smallest absolute Gasteiger partial charge is 0.262 e. The first-order valence-electron chi connectivity index (χ1n) is 8.93. The summed E-state index contributed by atoms with van der Waals surface area (Å²) in [6.45, 7) is 12.6. The molecule has 0 radical (unpaired) electrons. The van der Waals surface area contributed by atoms with Crippen molar-refractivity contribution in [1.29, 1.82) is 0 Å². The summed E-state index contributed by atoms with van der Waals surface area (Å²) in [6, 6.07) is 12.1. The molecule has 134 valence electrons. The predicted octanol–water partition coefficient (Wildman–Crippen LogP) is 5.57. The second-order valence-electron chi connectivity index (χ2n) is 7.16. The third-order valence-electron chi connectivity index (χ3n) is 4.55. The molecule has 3 heteroatoms. The fraction of sp³-hybridized carbons (Fsp3) is 0.409. The van der Waals surface area contributed by atoms with Gasteiger partial charge in [-0.2, -0.15) is 0 Å². The molecule has 0 aliphatic carbocycles. The highest BCUT2D eigenvalue weighted by molar-refractivity contribution is 5.93. The van der Waals surface area contributed by atoms with E-state index in [1.54, 1.807) is 0 Å². The zero-order valence-corrected chi connectivity index (χ0v) is 16.1. The Morgan fingerprint density at radius 2 is 1.52 bits per heavy atom. The van der Waals surface area contributed by atoms with E-state index in [2.05, 4.69) is 51.2 Å². The minimum Gasteiger partial charge on any atom is -0.483 e. The number of hydrogen-bond donors (Lipinski definition) is 1. The molecule has 0 aliphatic rings. The van der Waals surface area contributed by atoms with Crippen LogP contribution in [0.15, 0.2) is 36.4 Å². The van der Waals surface area contributed by atoms with Gasteiger partial charge in [-0.05, 0) is 54.0 Å². The van der Waals surface area contributed by atoms with E-state index in [1.165, 1.54) is 0 Å². The SMILES string of the molecule is Cc1cccc(OCC(=O)Nc2c(C(C)C)cccc2C(C)C)c1C. The Bertz CT molecular complexity index is 721. The zero-order valence-electron chi connectivity index (χ0n) is 16.1. The summed E-state index contributed by atoms with van der Waals surface area (Å²) < 4.78 is 5.74. The van der Waals surface area contributed by atoms with Gasteiger partial charge in [0, 0.05) is 5.69 Å². The Morgan fingerprint density at radius 1 is 0.960 bits per heavy atom. The molecule has 2 aromatic rings. The first-order chi connectivity index (χ1) is 11.8. The molecule has 1 amide bonds. The van der Waals surface area contributed by atoms with Gasteiger partial charge in [-0.3, -0.25) is 4.79 Å². The second kappa shape index (κ2) is 8.19. The van der Waals surface area contributed by atoms with Gasteiger partial charge in [0.1, 0.15) is 5.75 Å². The van der Waals surface area contributed by atoms with Crippen LogP contribution in [0.5, 0.6) is 5.75 Å². The molecule has 0 bridgehead atoms. The molecular weight excluding hydrogens is 310 g/mol. The average molecular weight is 339 g/mol. The maximum atomic E-state index is 12.5. The number of aryl methyl sites for hydroxylation is 1. The molecule has 0 fully saturated rings.